The van der Waals surface area contributed by atoms with Crippen molar-refractivity contribution in [2.75, 3.05) is 7.11 Å². The fraction of sp³-hybridized carbons (Fsp3) is 0.100. The van der Waals surface area contributed by atoms with Gasteiger partial charge in [-0.2, -0.15) is 9.78 Å². The van der Waals surface area contributed by atoms with Crippen molar-refractivity contribution in [2.45, 2.75) is 6.54 Å². The highest BCUT2D eigenvalue weighted by molar-refractivity contribution is 5.96. The van der Waals surface area contributed by atoms with Crippen LogP contribution in [0.3, 0.4) is 0 Å². The number of methoxy groups -OCH3 is 1. The van der Waals surface area contributed by atoms with E-state index in [1.807, 2.05) is 30.3 Å². The van der Waals surface area contributed by atoms with Crippen LogP contribution in [0, 0.1) is 0 Å². The van der Waals surface area contributed by atoms with E-state index in [1.54, 1.807) is 41.5 Å². The third-order valence-corrected chi connectivity index (χ3v) is 4.22. The number of carbonyl (C=O) groups excluding carboxylic acids is 1. The van der Waals surface area contributed by atoms with Crippen LogP contribution in [0.4, 0.5) is 0 Å². The molecule has 2 aliphatic heterocycles. The van der Waals surface area contributed by atoms with Crippen molar-refractivity contribution in [3.63, 3.8) is 0 Å². The van der Waals surface area contributed by atoms with Crippen LogP contribution in [0.2, 0.25) is 0 Å². The number of esters is 1. The molecular formula is C20H16N4O3. The lowest BCUT2D eigenvalue weighted by atomic mass is 10.1. The maximum Gasteiger partial charge on any atom is 0.341 e. The van der Waals surface area contributed by atoms with Gasteiger partial charge in [0.05, 0.1) is 18.4 Å². The minimum absolute atomic E-state index is 0.241. The first-order valence-electron chi connectivity index (χ1n) is 8.33. The molecule has 1 aromatic heterocycles. The Kier molecular flexibility index (Phi) is 4.25. The fourth-order valence-corrected chi connectivity index (χ4v) is 2.96. The zero-order chi connectivity index (χ0) is 18.8. The van der Waals surface area contributed by atoms with E-state index in [-0.39, 0.29) is 11.1 Å². The summed E-state index contributed by atoms with van der Waals surface area (Å²) < 4.78 is 7.95. The summed E-state index contributed by atoms with van der Waals surface area (Å²) in [5.74, 6) is -0.543. The number of rotatable bonds is 4. The van der Waals surface area contributed by atoms with Crippen LogP contribution in [0.5, 0.6) is 0 Å². The molecule has 4 rings (SSSR count). The van der Waals surface area contributed by atoms with Gasteiger partial charge < -0.3 is 9.30 Å². The molecule has 0 aliphatic carbocycles. The number of carbonyl (C=O) groups is 1. The molecule has 2 aliphatic rings. The Balaban J connectivity index is 1.90. The maximum atomic E-state index is 12.9. The number of fused-ring (bicyclic) bond motifs is 1. The molecule has 2 aromatic rings. The summed E-state index contributed by atoms with van der Waals surface area (Å²) in [6.45, 7) is 0.462. The smallest absolute Gasteiger partial charge is 0.341 e. The van der Waals surface area contributed by atoms with Gasteiger partial charge in [0.1, 0.15) is 11.3 Å². The Morgan fingerprint density at radius 3 is 2.63 bits per heavy atom. The zero-order valence-corrected chi connectivity index (χ0v) is 14.6. The van der Waals surface area contributed by atoms with E-state index in [2.05, 4.69) is 10.1 Å². The minimum atomic E-state index is -0.543. The van der Waals surface area contributed by atoms with E-state index in [4.69, 9.17) is 4.74 Å². The Morgan fingerprint density at radius 1 is 1.11 bits per heavy atom. The van der Waals surface area contributed by atoms with E-state index >= 15 is 0 Å². The summed E-state index contributed by atoms with van der Waals surface area (Å²) in [5, 5.41) is 4.38. The highest BCUT2D eigenvalue weighted by Gasteiger charge is 2.24. The summed E-state index contributed by atoms with van der Waals surface area (Å²) in [5.41, 5.74) is 2.20. The topological polar surface area (TPSA) is 79.0 Å². The van der Waals surface area contributed by atoms with Gasteiger partial charge in [-0.05, 0) is 23.8 Å². The first-order valence-corrected chi connectivity index (χ1v) is 8.33. The Morgan fingerprint density at radius 2 is 1.93 bits per heavy atom. The van der Waals surface area contributed by atoms with Gasteiger partial charge in [0.15, 0.2) is 0 Å². The quantitative estimate of drug-likeness (QED) is 0.522. The second kappa shape index (κ2) is 6.87. The monoisotopic (exact) mass is 360 g/mol. The predicted molar refractivity (Wildman–Crippen MR) is 99.1 cm³/mol. The van der Waals surface area contributed by atoms with Gasteiger partial charge in [-0.15, -0.1) is 0 Å². The molecular weight excluding hydrogens is 344 g/mol. The molecule has 0 bridgehead atoms. The summed E-state index contributed by atoms with van der Waals surface area (Å²) >= 11 is 0. The lowest BCUT2D eigenvalue weighted by molar-refractivity contribution is 0.0600. The van der Waals surface area contributed by atoms with Gasteiger partial charge in [0.25, 0.3) is 5.56 Å². The summed E-state index contributed by atoms with van der Waals surface area (Å²) in [4.78, 5) is 29.3. The van der Waals surface area contributed by atoms with Crippen LogP contribution >= 0.6 is 0 Å². The molecule has 7 heteroatoms. The fourth-order valence-electron chi connectivity index (χ4n) is 2.96. The molecule has 0 saturated carbocycles. The van der Waals surface area contributed by atoms with Gasteiger partial charge in [-0.1, -0.05) is 24.3 Å². The van der Waals surface area contributed by atoms with E-state index in [1.165, 1.54) is 11.8 Å². The normalized spacial score (nSPS) is 10.9. The first kappa shape index (κ1) is 16.7. The average Bonchev–Trinajstić information content (AvgIpc) is 3.05. The second-order valence-electron chi connectivity index (χ2n) is 6.01. The third kappa shape index (κ3) is 3.10. The van der Waals surface area contributed by atoms with E-state index in [0.717, 1.165) is 5.56 Å². The molecule has 1 aromatic carbocycles. The number of hydrogen-bond acceptors (Lipinski definition) is 5. The minimum Gasteiger partial charge on any atom is -0.465 e. The van der Waals surface area contributed by atoms with Crippen LogP contribution < -0.4 is 5.56 Å². The van der Waals surface area contributed by atoms with Crippen molar-refractivity contribution in [1.29, 1.82) is 0 Å². The highest BCUT2D eigenvalue weighted by atomic mass is 16.5. The summed E-state index contributed by atoms with van der Waals surface area (Å²) in [6.07, 6.45) is 6.77. The molecule has 0 fully saturated rings. The van der Waals surface area contributed by atoms with Crippen molar-refractivity contribution in [1.82, 2.24) is 19.3 Å². The molecule has 0 saturated heterocycles. The summed E-state index contributed by atoms with van der Waals surface area (Å²) in [6, 6.07) is 12.8. The van der Waals surface area contributed by atoms with Gasteiger partial charge in [-0.3, -0.25) is 9.78 Å². The van der Waals surface area contributed by atoms with Crippen molar-refractivity contribution >= 4 is 5.97 Å². The van der Waals surface area contributed by atoms with Crippen molar-refractivity contribution < 1.29 is 9.53 Å². The largest absolute Gasteiger partial charge is 0.465 e. The lowest BCUT2D eigenvalue weighted by Crippen LogP contribution is -2.15. The van der Waals surface area contributed by atoms with Crippen molar-refractivity contribution in [3.8, 4) is 16.9 Å². The SMILES string of the molecule is COC(=O)c1cn(Cc2cccnc2)cc2c(=O)n(-c3ccccc3)nc1-2. The van der Waals surface area contributed by atoms with Crippen LogP contribution in [0.1, 0.15) is 15.9 Å². The van der Waals surface area contributed by atoms with Gasteiger partial charge in [0, 0.05) is 31.3 Å². The number of hydrogen-bond donors (Lipinski definition) is 0. The Bertz CT molecular complexity index is 1120. The zero-order valence-electron chi connectivity index (χ0n) is 14.6. The molecule has 3 heterocycles. The van der Waals surface area contributed by atoms with Crippen LogP contribution in [-0.2, 0) is 11.3 Å². The number of pyridine rings is 2. The second-order valence-corrected chi connectivity index (χ2v) is 6.01. The van der Waals surface area contributed by atoms with Gasteiger partial charge in [0.2, 0.25) is 0 Å². The molecule has 0 amide bonds. The number of para-hydroxylation sites is 1. The van der Waals surface area contributed by atoms with Crippen molar-refractivity contribution in [2.24, 2.45) is 0 Å². The molecule has 0 spiro atoms. The molecule has 7 nitrogen and oxygen atoms in total. The van der Waals surface area contributed by atoms with Gasteiger partial charge in [-0.25, -0.2) is 4.79 Å². The van der Waals surface area contributed by atoms with Crippen LogP contribution in [0.25, 0.3) is 16.9 Å². The number of ether oxygens (including phenoxy) is 1. The first-order chi connectivity index (χ1) is 13.2. The van der Waals surface area contributed by atoms with E-state index in [0.29, 0.717) is 23.5 Å². The molecule has 0 radical (unpaired) electrons. The molecule has 0 unspecified atom stereocenters. The standard InChI is InChI=1S/C20H16N4O3/c1-27-20(26)17-13-23(11-14-6-5-9-21-10-14)12-16-18(17)22-24(19(16)25)15-7-3-2-4-8-15/h2-10,12-13H,11H2,1H3. The summed E-state index contributed by atoms with van der Waals surface area (Å²) in [7, 11) is 1.30. The molecule has 27 heavy (non-hydrogen) atoms. The lowest BCUT2D eigenvalue weighted by Gasteiger charge is -2.11. The average molecular weight is 360 g/mol. The van der Waals surface area contributed by atoms with Gasteiger partial charge >= 0.3 is 5.97 Å². The molecule has 134 valence electrons. The maximum absolute atomic E-state index is 12.9. The molecule has 0 atom stereocenters. The van der Waals surface area contributed by atoms with Crippen LogP contribution in [-0.4, -0.2) is 32.4 Å². The van der Waals surface area contributed by atoms with Crippen molar-refractivity contribution in [3.05, 3.63) is 88.7 Å². The number of nitrogens with zero attached hydrogens (tertiary/aromatic N) is 4. The predicted octanol–water partition coefficient (Wildman–Crippen LogP) is 2.37. The van der Waals surface area contributed by atoms with E-state index in [9.17, 15) is 9.59 Å². The third-order valence-electron chi connectivity index (χ3n) is 4.22. The highest BCUT2D eigenvalue weighted by Crippen LogP contribution is 2.23. The van der Waals surface area contributed by atoms with Crippen LogP contribution in [0.15, 0.2) is 72.0 Å². The molecule has 0 N–H and O–H groups in total. The van der Waals surface area contributed by atoms with E-state index < -0.39 is 5.97 Å². The number of aromatic nitrogens is 4. The Hall–Kier alpha value is -3.74. The Labute approximate surface area is 154 Å². The number of benzene rings is 1.